The first-order chi connectivity index (χ1) is 7.13. The molecule has 78 valence electrons. The van der Waals surface area contributed by atoms with E-state index in [1.807, 2.05) is 0 Å². The molecule has 3 N–H and O–H groups in total. The van der Waals surface area contributed by atoms with E-state index in [4.69, 9.17) is 10.8 Å². The average Bonchev–Trinajstić information content (AvgIpc) is 2.17. The van der Waals surface area contributed by atoms with Crippen LogP contribution in [0.5, 0.6) is 0 Å². The molecule has 0 aliphatic rings. The molecule has 0 atom stereocenters. The molecular weight excluding hydrogens is 197 g/mol. The van der Waals surface area contributed by atoms with Crippen LogP contribution in [0.3, 0.4) is 0 Å². The fourth-order valence-corrected chi connectivity index (χ4v) is 1.06. The molecule has 0 saturated heterocycles. The fourth-order valence-electron chi connectivity index (χ4n) is 1.06. The first-order valence-corrected chi connectivity index (χ1v) is 4.32. The molecule has 0 aliphatic carbocycles. The molecule has 0 aliphatic heterocycles. The van der Waals surface area contributed by atoms with Crippen molar-refractivity contribution < 1.29 is 14.3 Å². The summed E-state index contributed by atoms with van der Waals surface area (Å²) in [6.45, 7) is 0.247. The molecule has 0 radical (unpaired) electrons. The Labute approximate surface area is 86.7 Å². The SMILES string of the molecule is NCc1ccc(F)cc1C#CCC(=O)O. The molecule has 4 heteroatoms. The second-order valence-corrected chi connectivity index (χ2v) is 2.88. The summed E-state index contributed by atoms with van der Waals surface area (Å²) in [5, 5.41) is 8.37. The fraction of sp³-hybridized carbons (Fsp3) is 0.182. The number of benzene rings is 1. The molecule has 0 unspecified atom stereocenters. The predicted octanol–water partition coefficient (Wildman–Crippen LogP) is 1.11. The zero-order chi connectivity index (χ0) is 11.3. The van der Waals surface area contributed by atoms with Crippen molar-refractivity contribution in [1.82, 2.24) is 0 Å². The van der Waals surface area contributed by atoms with Gasteiger partial charge in [-0.2, -0.15) is 0 Å². The number of hydrogen-bond donors (Lipinski definition) is 2. The number of carbonyl (C=O) groups is 1. The van der Waals surface area contributed by atoms with Crippen molar-refractivity contribution in [3.05, 3.63) is 35.1 Å². The third-order valence-corrected chi connectivity index (χ3v) is 1.75. The molecule has 0 aromatic heterocycles. The topological polar surface area (TPSA) is 63.3 Å². The number of halogens is 1. The summed E-state index contributed by atoms with van der Waals surface area (Å²) >= 11 is 0. The molecular formula is C11H10FNO2. The Hall–Kier alpha value is -1.86. The van der Waals surface area contributed by atoms with Crippen LogP contribution >= 0.6 is 0 Å². The van der Waals surface area contributed by atoms with E-state index in [1.54, 1.807) is 6.07 Å². The van der Waals surface area contributed by atoms with Gasteiger partial charge in [0.05, 0.1) is 0 Å². The van der Waals surface area contributed by atoms with Crippen molar-refractivity contribution in [3.63, 3.8) is 0 Å². The van der Waals surface area contributed by atoms with Gasteiger partial charge in [-0.05, 0) is 17.7 Å². The zero-order valence-electron chi connectivity index (χ0n) is 7.96. The van der Waals surface area contributed by atoms with E-state index in [2.05, 4.69) is 11.8 Å². The standard InChI is InChI=1S/C11H10FNO2/c12-10-5-4-9(7-13)8(6-10)2-1-3-11(14)15/h4-6H,3,7,13H2,(H,14,15). The smallest absolute Gasteiger partial charge is 0.315 e. The first kappa shape index (κ1) is 11.2. The lowest BCUT2D eigenvalue weighted by Gasteiger charge is -2.00. The summed E-state index contributed by atoms with van der Waals surface area (Å²) in [5.41, 5.74) is 6.57. The molecule has 0 heterocycles. The number of nitrogens with two attached hydrogens (primary N) is 1. The summed E-state index contributed by atoms with van der Waals surface area (Å²) in [4.78, 5) is 10.2. The van der Waals surface area contributed by atoms with E-state index in [1.165, 1.54) is 12.1 Å². The van der Waals surface area contributed by atoms with E-state index in [9.17, 15) is 9.18 Å². The Morgan fingerprint density at radius 3 is 2.87 bits per heavy atom. The lowest BCUT2D eigenvalue weighted by molar-refractivity contribution is -0.135. The number of hydrogen-bond acceptors (Lipinski definition) is 2. The van der Waals surface area contributed by atoms with Crippen LogP contribution in [0.25, 0.3) is 0 Å². The lowest BCUT2D eigenvalue weighted by Crippen LogP contribution is -2.00. The van der Waals surface area contributed by atoms with Gasteiger partial charge in [-0.3, -0.25) is 4.79 Å². The third-order valence-electron chi connectivity index (χ3n) is 1.75. The molecule has 0 fully saturated rings. The average molecular weight is 207 g/mol. The van der Waals surface area contributed by atoms with Gasteiger partial charge in [-0.15, -0.1) is 0 Å². The van der Waals surface area contributed by atoms with E-state index in [0.717, 1.165) is 0 Å². The minimum atomic E-state index is -1.01. The van der Waals surface area contributed by atoms with Crippen LogP contribution in [0.4, 0.5) is 4.39 Å². The molecule has 0 amide bonds. The number of carboxylic acid groups (broad SMARTS) is 1. The van der Waals surface area contributed by atoms with Gasteiger partial charge >= 0.3 is 5.97 Å². The van der Waals surface area contributed by atoms with Gasteiger partial charge in [0, 0.05) is 12.1 Å². The van der Waals surface area contributed by atoms with Gasteiger partial charge in [0.2, 0.25) is 0 Å². The van der Waals surface area contributed by atoms with E-state index in [0.29, 0.717) is 11.1 Å². The largest absolute Gasteiger partial charge is 0.481 e. The number of carboxylic acids is 1. The first-order valence-electron chi connectivity index (χ1n) is 4.32. The predicted molar refractivity (Wildman–Crippen MR) is 53.4 cm³/mol. The van der Waals surface area contributed by atoms with Crippen LogP contribution in [-0.2, 0) is 11.3 Å². The number of rotatable bonds is 2. The van der Waals surface area contributed by atoms with Gasteiger partial charge in [0.15, 0.2) is 0 Å². The summed E-state index contributed by atoms with van der Waals surface area (Å²) in [6.07, 6.45) is -0.263. The molecule has 0 spiro atoms. The lowest BCUT2D eigenvalue weighted by atomic mass is 10.1. The number of aliphatic carboxylic acids is 1. The monoisotopic (exact) mass is 207 g/mol. The summed E-state index contributed by atoms with van der Waals surface area (Å²) < 4.78 is 12.8. The summed E-state index contributed by atoms with van der Waals surface area (Å²) in [7, 11) is 0. The maximum absolute atomic E-state index is 12.8. The van der Waals surface area contributed by atoms with Crippen molar-refractivity contribution in [2.75, 3.05) is 0 Å². The summed E-state index contributed by atoms with van der Waals surface area (Å²) in [5.74, 6) is 3.60. The maximum atomic E-state index is 12.8. The van der Waals surface area contributed by atoms with E-state index >= 15 is 0 Å². The second-order valence-electron chi connectivity index (χ2n) is 2.88. The minimum Gasteiger partial charge on any atom is -0.481 e. The van der Waals surface area contributed by atoms with Gasteiger partial charge in [0.25, 0.3) is 0 Å². The Morgan fingerprint density at radius 2 is 2.27 bits per heavy atom. The van der Waals surface area contributed by atoms with E-state index < -0.39 is 11.8 Å². The highest BCUT2D eigenvalue weighted by atomic mass is 19.1. The van der Waals surface area contributed by atoms with Crippen molar-refractivity contribution >= 4 is 5.97 Å². The van der Waals surface area contributed by atoms with Crippen molar-refractivity contribution in [1.29, 1.82) is 0 Å². The van der Waals surface area contributed by atoms with Crippen molar-refractivity contribution in [3.8, 4) is 11.8 Å². The Kier molecular flexibility index (Phi) is 3.83. The molecule has 1 rings (SSSR count). The van der Waals surface area contributed by atoms with Gasteiger partial charge < -0.3 is 10.8 Å². The molecule has 0 saturated carbocycles. The van der Waals surface area contributed by atoms with Gasteiger partial charge in [-0.25, -0.2) is 4.39 Å². The third kappa shape index (κ3) is 3.41. The van der Waals surface area contributed by atoms with Crippen molar-refractivity contribution in [2.45, 2.75) is 13.0 Å². The quantitative estimate of drug-likeness (QED) is 0.714. The highest BCUT2D eigenvalue weighted by Crippen LogP contribution is 2.09. The van der Waals surface area contributed by atoms with Crippen LogP contribution in [0.2, 0.25) is 0 Å². The van der Waals surface area contributed by atoms with Crippen LogP contribution in [-0.4, -0.2) is 11.1 Å². The molecule has 15 heavy (non-hydrogen) atoms. The Bertz CT molecular complexity index is 432. The molecule has 1 aromatic rings. The van der Waals surface area contributed by atoms with Crippen LogP contribution < -0.4 is 5.73 Å². The van der Waals surface area contributed by atoms with Crippen LogP contribution in [0.1, 0.15) is 17.5 Å². The maximum Gasteiger partial charge on any atom is 0.315 e. The Morgan fingerprint density at radius 1 is 1.53 bits per heavy atom. The molecule has 0 bridgehead atoms. The molecule has 1 aromatic carbocycles. The van der Waals surface area contributed by atoms with Crippen LogP contribution in [0, 0.1) is 17.7 Å². The van der Waals surface area contributed by atoms with Crippen LogP contribution in [0.15, 0.2) is 18.2 Å². The summed E-state index contributed by atoms with van der Waals surface area (Å²) in [6, 6.07) is 4.09. The highest BCUT2D eigenvalue weighted by molar-refractivity contribution is 5.70. The van der Waals surface area contributed by atoms with Gasteiger partial charge in [-0.1, -0.05) is 17.9 Å². The molecule has 3 nitrogen and oxygen atoms in total. The normalized spacial score (nSPS) is 9.20. The minimum absolute atomic E-state index is 0.247. The highest BCUT2D eigenvalue weighted by Gasteiger charge is 1.99. The van der Waals surface area contributed by atoms with Gasteiger partial charge in [0.1, 0.15) is 12.2 Å². The zero-order valence-corrected chi connectivity index (χ0v) is 7.96. The van der Waals surface area contributed by atoms with E-state index in [-0.39, 0.29) is 13.0 Å². The Balaban J connectivity index is 2.94. The second kappa shape index (κ2) is 5.13. The van der Waals surface area contributed by atoms with Crippen molar-refractivity contribution in [2.24, 2.45) is 5.73 Å².